The van der Waals surface area contributed by atoms with Gasteiger partial charge in [0.25, 0.3) is 0 Å². The molecule has 1 aromatic heterocycles. The molecule has 3 heteroatoms. The zero-order valence-corrected chi connectivity index (χ0v) is 14.0. The van der Waals surface area contributed by atoms with Crippen molar-refractivity contribution in [1.29, 1.82) is 0 Å². The lowest BCUT2D eigenvalue weighted by Crippen LogP contribution is -2.02. The molecule has 1 atom stereocenters. The molecule has 0 aliphatic heterocycles. The maximum atomic E-state index is 5.94. The van der Waals surface area contributed by atoms with Crippen molar-refractivity contribution in [3.63, 3.8) is 0 Å². The summed E-state index contributed by atoms with van der Waals surface area (Å²) in [5.41, 5.74) is 8.35. The fourth-order valence-electron chi connectivity index (χ4n) is 2.68. The molecule has 21 heavy (non-hydrogen) atoms. The lowest BCUT2D eigenvalue weighted by Gasteiger charge is -2.11. The molecule has 0 fully saturated rings. The predicted octanol–water partition coefficient (Wildman–Crippen LogP) is 5.54. The summed E-state index contributed by atoms with van der Waals surface area (Å²) in [6, 6.07) is 10.5. The minimum atomic E-state index is 0.672. The van der Waals surface area contributed by atoms with Gasteiger partial charge in [-0.05, 0) is 17.9 Å². The summed E-state index contributed by atoms with van der Waals surface area (Å²) in [7, 11) is 0. The highest BCUT2D eigenvalue weighted by molar-refractivity contribution is 7.18. The van der Waals surface area contributed by atoms with Crippen LogP contribution in [0.2, 0.25) is 0 Å². The van der Waals surface area contributed by atoms with E-state index in [1.54, 1.807) is 11.3 Å². The van der Waals surface area contributed by atoms with E-state index in [0.717, 1.165) is 6.42 Å². The first kappa shape index (κ1) is 16.0. The third kappa shape index (κ3) is 4.85. The lowest BCUT2D eigenvalue weighted by molar-refractivity contribution is 0.484. The van der Waals surface area contributed by atoms with Crippen molar-refractivity contribution in [3.05, 3.63) is 36.0 Å². The van der Waals surface area contributed by atoms with Gasteiger partial charge >= 0.3 is 0 Å². The van der Waals surface area contributed by atoms with Gasteiger partial charge in [-0.3, -0.25) is 0 Å². The summed E-state index contributed by atoms with van der Waals surface area (Å²) < 4.78 is 0. The van der Waals surface area contributed by atoms with Gasteiger partial charge in [0.05, 0.1) is 10.6 Å². The SMILES string of the molecule is CCCCCCC(C)Cc1nc(N)sc1-c1ccccc1. The van der Waals surface area contributed by atoms with Crippen LogP contribution in [0.25, 0.3) is 10.4 Å². The molecular formula is C18H26N2S. The van der Waals surface area contributed by atoms with Gasteiger partial charge in [-0.25, -0.2) is 4.98 Å². The minimum absolute atomic E-state index is 0.672. The standard InChI is InChI=1S/C18H26N2S/c1-3-4-5-7-10-14(2)13-16-17(21-18(19)20-16)15-11-8-6-9-12-15/h6,8-9,11-12,14H,3-5,7,10,13H2,1-2H3,(H2,19,20). The Balaban J connectivity index is 2.00. The smallest absolute Gasteiger partial charge is 0.180 e. The van der Waals surface area contributed by atoms with Crippen molar-refractivity contribution < 1.29 is 0 Å². The Hall–Kier alpha value is -1.35. The topological polar surface area (TPSA) is 38.9 Å². The van der Waals surface area contributed by atoms with Gasteiger partial charge in [-0.15, -0.1) is 0 Å². The average molecular weight is 302 g/mol. The molecule has 0 aliphatic carbocycles. The van der Waals surface area contributed by atoms with Gasteiger partial charge in [-0.1, -0.05) is 87.6 Å². The summed E-state index contributed by atoms with van der Waals surface area (Å²) in [6.45, 7) is 4.59. The predicted molar refractivity (Wildman–Crippen MR) is 93.6 cm³/mol. The molecule has 0 bridgehead atoms. The van der Waals surface area contributed by atoms with E-state index in [2.05, 4.69) is 43.1 Å². The number of nitrogens with two attached hydrogens (primary N) is 1. The molecule has 0 saturated heterocycles. The zero-order chi connectivity index (χ0) is 15.1. The Kier molecular flexibility index (Phi) is 6.24. The number of nitrogen functional groups attached to an aromatic ring is 1. The van der Waals surface area contributed by atoms with Crippen molar-refractivity contribution in [2.24, 2.45) is 5.92 Å². The summed E-state index contributed by atoms with van der Waals surface area (Å²) in [5, 5.41) is 0.682. The zero-order valence-electron chi connectivity index (χ0n) is 13.1. The van der Waals surface area contributed by atoms with Crippen LogP contribution in [0.5, 0.6) is 0 Å². The van der Waals surface area contributed by atoms with Crippen LogP contribution < -0.4 is 5.73 Å². The highest BCUT2D eigenvalue weighted by Crippen LogP contribution is 2.33. The van der Waals surface area contributed by atoms with E-state index in [1.165, 1.54) is 48.2 Å². The summed E-state index contributed by atoms with van der Waals surface area (Å²) >= 11 is 1.61. The van der Waals surface area contributed by atoms with E-state index in [0.29, 0.717) is 11.0 Å². The maximum Gasteiger partial charge on any atom is 0.180 e. The number of unbranched alkanes of at least 4 members (excludes halogenated alkanes) is 3. The van der Waals surface area contributed by atoms with Gasteiger partial charge in [0.2, 0.25) is 0 Å². The molecule has 2 N–H and O–H groups in total. The Morgan fingerprint density at radius 3 is 2.62 bits per heavy atom. The van der Waals surface area contributed by atoms with Gasteiger partial charge < -0.3 is 5.73 Å². The number of rotatable bonds is 8. The second-order valence-corrected chi connectivity index (χ2v) is 6.88. The first-order chi connectivity index (χ1) is 10.2. The van der Waals surface area contributed by atoms with E-state index < -0.39 is 0 Å². The normalized spacial score (nSPS) is 12.5. The molecule has 2 nitrogen and oxygen atoms in total. The van der Waals surface area contributed by atoms with Crippen molar-refractivity contribution in [2.75, 3.05) is 5.73 Å². The Morgan fingerprint density at radius 2 is 1.90 bits per heavy atom. The van der Waals surface area contributed by atoms with Crippen molar-refractivity contribution in [3.8, 4) is 10.4 Å². The Labute approximate surface area is 132 Å². The Bertz CT molecular complexity index is 533. The van der Waals surface area contributed by atoms with Crippen LogP contribution in [0, 0.1) is 5.92 Å². The lowest BCUT2D eigenvalue weighted by atomic mass is 9.96. The number of anilines is 1. The van der Waals surface area contributed by atoms with E-state index >= 15 is 0 Å². The molecule has 0 saturated carbocycles. The molecule has 1 heterocycles. The van der Waals surface area contributed by atoms with Gasteiger partial charge in [-0.2, -0.15) is 0 Å². The molecule has 1 aromatic carbocycles. The molecule has 1 unspecified atom stereocenters. The maximum absolute atomic E-state index is 5.94. The molecule has 0 spiro atoms. The molecule has 0 aliphatic rings. The van der Waals surface area contributed by atoms with Crippen molar-refractivity contribution >= 4 is 16.5 Å². The molecule has 0 amide bonds. The number of nitrogens with zero attached hydrogens (tertiary/aromatic N) is 1. The first-order valence-electron chi connectivity index (χ1n) is 8.01. The van der Waals surface area contributed by atoms with Crippen LogP contribution in [-0.4, -0.2) is 4.98 Å². The average Bonchev–Trinajstić information content (AvgIpc) is 2.85. The fourth-order valence-corrected chi connectivity index (χ4v) is 3.54. The van der Waals surface area contributed by atoms with Crippen LogP contribution in [0.4, 0.5) is 5.13 Å². The van der Waals surface area contributed by atoms with Crippen LogP contribution in [-0.2, 0) is 6.42 Å². The number of thiazole rings is 1. The van der Waals surface area contributed by atoms with E-state index in [1.807, 2.05) is 6.07 Å². The van der Waals surface area contributed by atoms with Crippen LogP contribution in [0.1, 0.15) is 51.6 Å². The minimum Gasteiger partial charge on any atom is -0.375 e. The fraction of sp³-hybridized carbons (Fsp3) is 0.500. The number of hydrogen-bond donors (Lipinski definition) is 1. The van der Waals surface area contributed by atoms with Gasteiger partial charge in [0, 0.05) is 0 Å². The monoisotopic (exact) mass is 302 g/mol. The second-order valence-electron chi connectivity index (χ2n) is 5.85. The summed E-state index contributed by atoms with van der Waals surface area (Å²) in [4.78, 5) is 5.81. The molecule has 2 aromatic rings. The van der Waals surface area contributed by atoms with Crippen molar-refractivity contribution in [1.82, 2.24) is 4.98 Å². The first-order valence-corrected chi connectivity index (χ1v) is 8.83. The second kappa shape index (κ2) is 8.18. The highest BCUT2D eigenvalue weighted by atomic mass is 32.1. The van der Waals surface area contributed by atoms with Crippen LogP contribution in [0.3, 0.4) is 0 Å². The summed E-state index contributed by atoms with van der Waals surface area (Å²) in [6.07, 6.45) is 7.65. The number of aromatic nitrogens is 1. The number of benzene rings is 1. The largest absolute Gasteiger partial charge is 0.375 e. The van der Waals surface area contributed by atoms with E-state index in [-0.39, 0.29) is 0 Å². The molecule has 0 radical (unpaired) electrons. The Morgan fingerprint density at radius 1 is 1.14 bits per heavy atom. The van der Waals surface area contributed by atoms with Crippen LogP contribution in [0.15, 0.2) is 30.3 Å². The third-order valence-electron chi connectivity index (χ3n) is 3.84. The van der Waals surface area contributed by atoms with Crippen molar-refractivity contribution in [2.45, 2.75) is 52.4 Å². The van der Waals surface area contributed by atoms with Crippen LogP contribution >= 0.6 is 11.3 Å². The molecule has 2 rings (SSSR count). The van der Waals surface area contributed by atoms with Gasteiger partial charge in [0.1, 0.15) is 0 Å². The molecular weight excluding hydrogens is 276 g/mol. The van der Waals surface area contributed by atoms with E-state index in [4.69, 9.17) is 5.73 Å². The third-order valence-corrected chi connectivity index (χ3v) is 4.82. The number of hydrogen-bond acceptors (Lipinski definition) is 3. The summed E-state index contributed by atoms with van der Waals surface area (Å²) in [5.74, 6) is 0.672. The van der Waals surface area contributed by atoms with E-state index in [9.17, 15) is 0 Å². The van der Waals surface area contributed by atoms with Gasteiger partial charge in [0.15, 0.2) is 5.13 Å². The molecule has 114 valence electrons. The quantitative estimate of drug-likeness (QED) is 0.650. The highest BCUT2D eigenvalue weighted by Gasteiger charge is 2.14.